The molecule has 3 rings (SSSR count). The Bertz CT molecular complexity index is 1070. The Morgan fingerprint density at radius 3 is 2.34 bits per heavy atom. The third-order valence-corrected chi connectivity index (χ3v) is 5.15. The molecular formula is C23H27Cl2N5O2. The fourth-order valence-corrected chi connectivity index (χ4v) is 3.31. The molecule has 7 nitrogen and oxygen atoms in total. The molecule has 2 N–H and O–H groups in total. The van der Waals surface area contributed by atoms with E-state index in [-0.39, 0.29) is 6.09 Å². The van der Waals surface area contributed by atoms with Gasteiger partial charge in [-0.05, 0) is 64.3 Å². The summed E-state index contributed by atoms with van der Waals surface area (Å²) < 4.78 is 5.23. The Labute approximate surface area is 197 Å². The Morgan fingerprint density at radius 1 is 1.00 bits per heavy atom. The molecule has 2 heterocycles. The monoisotopic (exact) mass is 475 g/mol. The zero-order chi connectivity index (χ0) is 23.1. The zero-order valence-electron chi connectivity index (χ0n) is 18.4. The number of benzene rings is 1. The van der Waals surface area contributed by atoms with Crippen molar-refractivity contribution in [3.8, 4) is 11.4 Å². The van der Waals surface area contributed by atoms with E-state index in [4.69, 9.17) is 37.9 Å². The van der Waals surface area contributed by atoms with Crippen molar-refractivity contribution in [1.82, 2.24) is 20.3 Å². The lowest BCUT2D eigenvalue weighted by Crippen LogP contribution is -2.33. The molecule has 0 aliphatic carbocycles. The highest BCUT2D eigenvalue weighted by atomic mass is 35.5. The van der Waals surface area contributed by atoms with Gasteiger partial charge in [0.15, 0.2) is 5.82 Å². The lowest BCUT2D eigenvalue weighted by Gasteiger charge is -2.19. The molecule has 170 valence electrons. The molecule has 0 fully saturated rings. The number of ether oxygens (including phenoxy) is 1. The van der Waals surface area contributed by atoms with Crippen LogP contribution in [0.5, 0.6) is 0 Å². The van der Waals surface area contributed by atoms with E-state index in [0.29, 0.717) is 45.7 Å². The molecule has 0 saturated heterocycles. The minimum absolute atomic E-state index is 0.388. The highest BCUT2D eigenvalue weighted by Crippen LogP contribution is 2.30. The molecule has 0 saturated carbocycles. The van der Waals surface area contributed by atoms with Gasteiger partial charge >= 0.3 is 6.09 Å². The standard InChI is InChI=1S/C23H27Cl2N5O2/c1-23(2,3)32-22(31)28-12-7-4-6-11-27-21-20(17-9-5-8-10-26-17)29-18-13-15(24)16(25)14-19(18)30-21/h5,8-10,13-14H,4,6-7,11-12H2,1-3H3,(H,27,30)(H,28,31). The average molecular weight is 476 g/mol. The van der Waals surface area contributed by atoms with Gasteiger partial charge < -0.3 is 15.4 Å². The number of hydrogen-bond acceptors (Lipinski definition) is 6. The quantitative estimate of drug-likeness (QED) is 0.382. The van der Waals surface area contributed by atoms with Crippen LogP contribution in [0.15, 0.2) is 36.5 Å². The highest BCUT2D eigenvalue weighted by molar-refractivity contribution is 6.42. The first-order chi connectivity index (χ1) is 15.2. The van der Waals surface area contributed by atoms with Gasteiger partial charge in [-0.15, -0.1) is 0 Å². The van der Waals surface area contributed by atoms with Crippen LogP contribution in [0.1, 0.15) is 40.0 Å². The number of amides is 1. The predicted molar refractivity (Wildman–Crippen MR) is 129 cm³/mol. The number of anilines is 1. The van der Waals surface area contributed by atoms with Crippen LogP contribution in [-0.4, -0.2) is 39.7 Å². The third kappa shape index (κ3) is 6.93. The molecule has 0 bridgehead atoms. The fraction of sp³-hybridized carbons (Fsp3) is 0.391. The molecular weight excluding hydrogens is 449 g/mol. The maximum absolute atomic E-state index is 11.7. The van der Waals surface area contributed by atoms with E-state index in [2.05, 4.69) is 15.6 Å². The summed E-state index contributed by atoms with van der Waals surface area (Å²) in [5.41, 5.74) is 2.19. The van der Waals surface area contributed by atoms with Gasteiger partial charge in [-0.1, -0.05) is 29.3 Å². The number of hydrogen-bond donors (Lipinski definition) is 2. The molecule has 0 aliphatic heterocycles. The largest absolute Gasteiger partial charge is 0.444 e. The van der Waals surface area contributed by atoms with Crippen molar-refractivity contribution < 1.29 is 9.53 Å². The number of alkyl carbamates (subject to hydrolysis) is 1. The Morgan fingerprint density at radius 2 is 1.69 bits per heavy atom. The summed E-state index contributed by atoms with van der Waals surface area (Å²) in [7, 11) is 0. The molecule has 3 aromatic rings. The van der Waals surface area contributed by atoms with E-state index in [1.54, 1.807) is 18.3 Å². The lowest BCUT2D eigenvalue weighted by molar-refractivity contribution is 0.0527. The van der Waals surface area contributed by atoms with Crippen molar-refractivity contribution in [2.24, 2.45) is 0 Å². The summed E-state index contributed by atoms with van der Waals surface area (Å²) in [6.07, 6.45) is 4.02. The fourth-order valence-electron chi connectivity index (χ4n) is 2.99. The van der Waals surface area contributed by atoms with E-state index >= 15 is 0 Å². The van der Waals surface area contributed by atoms with Crippen LogP contribution in [0.3, 0.4) is 0 Å². The molecule has 0 spiro atoms. The first kappa shape index (κ1) is 24.0. The van der Waals surface area contributed by atoms with Gasteiger partial charge in [-0.2, -0.15) is 0 Å². The Hall–Kier alpha value is -2.64. The summed E-state index contributed by atoms with van der Waals surface area (Å²) in [6.45, 7) is 6.80. The molecule has 1 aromatic carbocycles. The topological polar surface area (TPSA) is 89.0 Å². The summed E-state index contributed by atoms with van der Waals surface area (Å²) in [5.74, 6) is 0.640. The van der Waals surface area contributed by atoms with E-state index in [0.717, 1.165) is 25.0 Å². The molecule has 0 radical (unpaired) electrons. The van der Waals surface area contributed by atoms with Gasteiger partial charge in [0.05, 0.1) is 26.8 Å². The van der Waals surface area contributed by atoms with Crippen molar-refractivity contribution >= 4 is 46.1 Å². The van der Waals surface area contributed by atoms with E-state index in [1.165, 1.54) is 0 Å². The number of nitrogens with one attached hydrogen (secondary N) is 2. The van der Waals surface area contributed by atoms with Gasteiger partial charge in [-0.25, -0.2) is 14.8 Å². The second-order valence-electron chi connectivity index (χ2n) is 8.31. The maximum Gasteiger partial charge on any atom is 0.407 e. The van der Waals surface area contributed by atoms with Crippen molar-refractivity contribution in [3.05, 3.63) is 46.6 Å². The van der Waals surface area contributed by atoms with Gasteiger partial charge in [0.2, 0.25) is 0 Å². The molecule has 9 heteroatoms. The molecule has 32 heavy (non-hydrogen) atoms. The number of aromatic nitrogens is 3. The Kier molecular flexibility index (Phi) is 8.10. The Balaban J connectivity index is 1.60. The number of pyridine rings is 1. The second-order valence-corrected chi connectivity index (χ2v) is 9.12. The number of halogens is 2. The van der Waals surface area contributed by atoms with Gasteiger partial charge in [-0.3, -0.25) is 4.98 Å². The van der Waals surface area contributed by atoms with Crippen molar-refractivity contribution in [1.29, 1.82) is 0 Å². The molecule has 0 aliphatic rings. The van der Waals surface area contributed by atoms with Crippen molar-refractivity contribution in [2.75, 3.05) is 18.4 Å². The smallest absolute Gasteiger partial charge is 0.407 e. The van der Waals surface area contributed by atoms with Gasteiger partial charge in [0.25, 0.3) is 0 Å². The maximum atomic E-state index is 11.7. The summed E-state index contributed by atoms with van der Waals surface area (Å²) in [5, 5.41) is 7.00. The number of carbonyl (C=O) groups excluding carboxylic acids is 1. The minimum atomic E-state index is -0.490. The molecule has 0 atom stereocenters. The van der Waals surface area contributed by atoms with Crippen LogP contribution in [0, 0.1) is 0 Å². The summed E-state index contributed by atoms with van der Waals surface area (Å²) >= 11 is 12.3. The van der Waals surface area contributed by atoms with Crippen LogP contribution in [0.2, 0.25) is 10.0 Å². The summed E-state index contributed by atoms with van der Waals surface area (Å²) in [4.78, 5) is 25.5. The first-order valence-electron chi connectivity index (χ1n) is 10.5. The molecule has 0 unspecified atom stereocenters. The van der Waals surface area contributed by atoms with Crippen LogP contribution < -0.4 is 10.6 Å². The number of rotatable bonds is 8. The lowest BCUT2D eigenvalue weighted by atomic mass is 10.2. The number of fused-ring (bicyclic) bond motifs is 1. The van der Waals surface area contributed by atoms with Gasteiger partial charge in [0, 0.05) is 19.3 Å². The number of nitrogens with zero attached hydrogens (tertiary/aromatic N) is 3. The first-order valence-corrected chi connectivity index (χ1v) is 11.3. The van der Waals surface area contributed by atoms with E-state index in [1.807, 2.05) is 39.0 Å². The average Bonchev–Trinajstić information content (AvgIpc) is 2.73. The molecule has 2 aromatic heterocycles. The van der Waals surface area contributed by atoms with Gasteiger partial charge in [0.1, 0.15) is 11.3 Å². The normalized spacial score (nSPS) is 11.4. The summed E-state index contributed by atoms with van der Waals surface area (Å²) in [6, 6.07) is 9.07. The number of carbonyl (C=O) groups is 1. The van der Waals surface area contributed by atoms with E-state index < -0.39 is 5.60 Å². The van der Waals surface area contributed by atoms with E-state index in [9.17, 15) is 4.79 Å². The predicted octanol–water partition coefficient (Wildman–Crippen LogP) is 6.11. The zero-order valence-corrected chi connectivity index (χ0v) is 19.9. The molecule has 1 amide bonds. The van der Waals surface area contributed by atoms with Crippen LogP contribution in [-0.2, 0) is 4.74 Å². The second kappa shape index (κ2) is 10.8. The SMILES string of the molecule is CC(C)(C)OC(=O)NCCCCCNc1nc2cc(Cl)c(Cl)cc2nc1-c1ccccn1. The number of unbranched alkanes of at least 4 members (excludes halogenated alkanes) is 2. The third-order valence-electron chi connectivity index (χ3n) is 4.43. The highest BCUT2D eigenvalue weighted by Gasteiger charge is 2.16. The van der Waals surface area contributed by atoms with Crippen molar-refractivity contribution in [2.45, 2.75) is 45.6 Å². The van der Waals surface area contributed by atoms with Crippen LogP contribution in [0.25, 0.3) is 22.4 Å². The minimum Gasteiger partial charge on any atom is -0.444 e. The van der Waals surface area contributed by atoms with Crippen LogP contribution >= 0.6 is 23.2 Å². The van der Waals surface area contributed by atoms with Crippen molar-refractivity contribution in [3.63, 3.8) is 0 Å². The van der Waals surface area contributed by atoms with Crippen LogP contribution in [0.4, 0.5) is 10.6 Å².